The Balaban J connectivity index is 2.22. The number of rotatable bonds is 8. The topological polar surface area (TPSA) is 183 Å². The molecule has 0 aliphatic carbocycles. The highest BCUT2D eigenvalue weighted by molar-refractivity contribution is 5.83. The van der Waals surface area contributed by atoms with Crippen molar-refractivity contribution in [1.29, 1.82) is 0 Å². The van der Waals surface area contributed by atoms with E-state index in [-0.39, 0.29) is 37.2 Å². The maximum atomic E-state index is 14.2. The zero-order chi connectivity index (χ0) is 39.7. The van der Waals surface area contributed by atoms with E-state index >= 15 is 0 Å². The van der Waals surface area contributed by atoms with Crippen LogP contribution >= 0.6 is 0 Å². The van der Waals surface area contributed by atoms with Gasteiger partial charge < -0.3 is 58.5 Å². The number of hydrogen-bond donors (Lipinski definition) is 4. The molecule has 4 N–H and O–H groups in total. The van der Waals surface area contributed by atoms with Crippen LogP contribution in [0.15, 0.2) is 0 Å². The standard InChI is InChI=1S/C38H69NO13/c1-15-26-38(10,45)31(42)21(4)28(40)19(2)17-37(9,47-14)33(52-35-29(41)25(39(11)12)16-20(3)48-35)22(5)30(23(6)34(44)50-26)51-27-18-36(8,46-13)32(43)24(7)49-27/h19-27,29-33,35,41-43,45H,15-18H2,1-14H3/t19-,20-,21+,22+,23-,24+,25?,26-,27?,29?,30+,31-,32?,33-,35?,36?,37-,38-/m1/s1. The summed E-state index contributed by atoms with van der Waals surface area (Å²) < 4.78 is 43.9. The second-order valence-electron chi connectivity index (χ2n) is 16.6. The molecule has 3 heterocycles. The van der Waals surface area contributed by atoms with Crippen LogP contribution in [0.1, 0.15) is 94.9 Å². The molecule has 3 aliphatic heterocycles. The SMILES string of the molecule is CC[C@H]1OC(=O)[C@H](C)[C@@H](OC2CC(C)(OC)C(O)[C@H](C)O2)[C@H](C)[C@@H](OC2O[C@H](C)CC(N(C)C)C2O)[C@](C)(OC)C[C@@H](C)C(=O)[C@H](C)[C@@H](O)[C@]1(C)O. The van der Waals surface area contributed by atoms with Gasteiger partial charge >= 0.3 is 5.97 Å². The molecule has 3 rings (SSSR count). The molecule has 0 radical (unpaired) electrons. The Morgan fingerprint density at radius 2 is 1.44 bits per heavy atom. The van der Waals surface area contributed by atoms with Crippen molar-refractivity contribution in [3.8, 4) is 0 Å². The van der Waals surface area contributed by atoms with Crippen molar-refractivity contribution < 1.29 is 63.2 Å². The van der Waals surface area contributed by atoms with Crippen LogP contribution in [0.5, 0.6) is 0 Å². The number of esters is 1. The average molecular weight is 748 g/mol. The molecule has 6 unspecified atom stereocenters. The monoisotopic (exact) mass is 747 g/mol. The van der Waals surface area contributed by atoms with Crippen LogP contribution in [-0.2, 0) is 42.7 Å². The van der Waals surface area contributed by atoms with Crippen LogP contribution in [0.2, 0.25) is 0 Å². The number of cyclic esters (lactones) is 1. The highest BCUT2D eigenvalue weighted by Crippen LogP contribution is 2.41. The van der Waals surface area contributed by atoms with Crippen molar-refractivity contribution in [1.82, 2.24) is 4.90 Å². The van der Waals surface area contributed by atoms with Gasteiger partial charge in [-0.25, -0.2) is 0 Å². The van der Waals surface area contributed by atoms with Crippen molar-refractivity contribution in [3.05, 3.63) is 0 Å². The fourth-order valence-corrected chi connectivity index (χ4v) is 8.58. The van der Waals surface area contributed by atoms with Crippen LogP contribution in [-0.4, -0.2) is 150 Å². The molecule has 14 heteroatoms. The Hall–Kier alpha value is -1.30. The van der Waals surface area contributed by atoms with Gasteiger partial charge in [-0.2, -0.15) is 0 Å². The van der Waals surface area contributed by atoms with E-state index in [1.165, 1.54) is 21.1 Å². The summed E-state index contributed by atoms with van der Waals surface area (Å²) >= 11 is 0. The molecule has 0 aromatic carbocycles. The number of aliphatic hydroxyl groups excluding tert-OH is 3. The smallest absolute Gasteiger partial charge is 0.311 e. The van der Waals surface area contributed by atoms with Gasteiger partial charge in [0.05, 0.1) is 47.6 Å². The summed E-state index contributed by atoms with van der Waals surface area (Å²) in [7, 11) is 6.77. The van der Waals surface area contributed by atoms with Gasteiger partial charge in [0.2, 0.25) is 0 Å². The third-order valence-electron chi connectivity index (χ3n) is 12.3. The number of carbonyl (C=O) groups excluding carboxylic acids is 2. The molecule has 18 atom stereocenters. The molecule has 0 aromatic rings. The average Bonchev–Trinajstić information content (AvgIpc) is 3.09. The van der Waals surface area contributed by atoms with Crippen molar-refractivity contribution >= 4 is 11.8 Å². The number of nitrogens with zero attached hydrogens (tertiary/aromatic N) is 1. The number of Topliss-reactive ketones (excluding diaryl/α,β-unsaturated/α-hetero) is 1. The number of carbonyl (C=O) groups is 2. The summed E-state index contributed by atoms with van der Waals surface area (Å²) in [6.45, 7) is 17.1. The summed E-state index contributed by atoms with van der Waals surface area (Å²) in [5.74, 6) is -4.47. The Labute approximate surface area is 310 Å². The van der Waals surface area contributed by atoms with E-state index in [4.69, 9.17) is 33.2 Å². The second-order valence-corrected chi connectivity index (χ2v) is 16.6. The van der Waals surface area contributed by atoms with Gasteiger partial charge in [0.1, 0.15) is 29.7 Å². The molecule has 0 amide bonds. The molecule has 3 aliphatic rings. The Bertz CT molecular complexity index is 1190. The van der Waals surface area contributed by atoms with E-state index in [0.717, 1.165) is 0 Å². The molecular weight excluding hydrogens is 678 g/mol. The number of aliphatic hydroxyl groups is 4. The summed E-state index contributed by atoms with van der Waals surface area (Å²) in [4.78, 5) is 30.1. The maximum absolute atomic E-state index is 14.2. The zero-order valence-corrected chi connectivity index (χ0v) is 33.9. The van der Waals surface area contributed by atoms with Gasteiger partial charge in [-0.05, 0) is 74.9 Å². The third-order valence-corrected chi connectivity index (χ3v) is 12.3. The van der Waals surface area contributed by atoms with Crippen molar-refractivity contribution in [3.63, 3.8) is 0 Å². The van der Waals surface area contributed by atoms with E-state index in [9.17, 15) is 30.0 Å². The Morgan fingerprint density at radius 1 is 0.846 bits per heavy atom. The molecule has 0 bridgehead atoms. The first-order valence-electron chi connectivity index (χ1n) is 18.9. The predicted molar refractivity (Wildman–Crippen MR) is 191 cm³/mol. The molecule has 0 aromatic heterocycles. The fraction of sp³-hybridized carbons (Fsp3) is 0.947. The third kappa shape index (κ3) is 9.38. The van der Waals surface area contributed by atoms with E-state index in [0.29, 0.717) is 6.42 Å². The highest BCUT2D eigenvalue weighted by atomic mass is 16.7. The van der Waals surface area contributed by atoms with Gasteiger partial charge in [-0.15, -0.1) is 0 Å². The van der Waals surface area contributed by atoms with Crippen LogP contribution in [0.4, 0.5) is 0 Å². The molecular formula is C38H69NO13. The van der Waals surface area contributed by atoms with Crippen LogP contribution in [0.3, 0.4) is 0 Å². The molecule has 14 nitrogen and oxygen atoms in total. The Morgan fingerprint density at radius 3 is 1.98 bits per heavy atom. The summed E-state index contributed by atoms with van der Waals surface area (Å²) in [5.41, 5.74) is -4.24. The molecule has 304 valence electrons. The largest absolute Gasteiger partial charge is 0.459 e. The minimum absolute atomic E-state index is 0.111. The molecule has 3 saturated heterocycles. The molecule has 3 fully saturated rings. The second kappa shape index (κ2) is 17.7. The zero-order valence-electron chi connectivity index (χ0n) is 33.9. The van der Waals surface area contributed by atoms with E-state index in [1.807, 2.05) is 32.8 Å². The van der Waals surface area contributed by atoms with Crippen LogP contribution in [0, 0.1) is 23.7 Å². The summed E-state index contributed by atoms with van der Waals surface area (Å²) in [6, 6.07) is -0.283. The van der Waals surface area contributed by atoms with Gasteiger partial charge in [-0.3, -0.25) is 9.59 Å². The number of likely N-dealkylation sites (N-methyl/N-ethyl adjacent to an activating group) is 1. The van der Waals surface area contributed by atoms with E-state index < -0.39 is 102 Å². The molecule has 0 spiro atoms. The first-order chi connectivity index (χ1) is 24.0. The van der Waals surface area contributed by atoms with Crippen LogP contribution in [0.25, 0.3) is 0 Å². The number of ether oxygens (including phenoxy) is 7. The minimum atomic E-state index is -1.96. The van der Waals surface area contributed by atoms with Gasteiger partial charge in [0.25, 0.3) is 0 Å². The van der Waals surface area contributed by atoms with Crippen molar-refractivity contribution in [2.75, 3.05) is 28.3 Å². The normalized spacial score (nSPS) is 49.0. The predicted octanol–water partition coefficient (Wildman–Crippen LogP) is 2.44. The number of ketones is 1. The lowest BCUT2D eigenvalue weighted by Crippen LogP contribution is -2.61. The summed E-state index contributed by atoms with van der Waals surface area (Å²) in [5, 5.41) is 45.6. The quantitative estimate of drug-likeness (QED) is 0.266. The van der Waals surface area contributed by atoms with Gasteiger partial charge in [0.15, 0.2) is 12.6 Å². The lowest BCUT2D eigenvalue weighted by Gasteiger charge is -2.50. The van der Waals surface area contributed by atoms with Gasteiger partial charge in [-0.1, -0.05) is 27.7 Å². The van der Waals surface area contributed by atoms with Crippen LogP contribution < -0.4 is 0 Å². The van der Waals surface area contributed by atoms with Gasteiger partial charge in [0, 0.05) is 44.4 Å². The van der Waals surface area contributed by atoms with Crippen molar-refractivity contribution in [2.24, 2.45) is 23.7 Å². The lowest BCUT2D eigenvalue weighted by molar-refractivity contribution is -0.319. The first-order valence-corrected chi connectivity index (χ1v) is 18.9. The number of hydrogen-bond acceptors (Lipinski definition) is 14. The molecule has 0 saturated carbocycles. The highest BCUT2D eigenvalue weighted by Gasteiger charge is 2.54. The first kappa shape index (κ1) is 45.1. The maximum Gasteiger partial charge on any atom is 0.311 e. The summed E-state index contributed by atoms with van der Waals surface area (Å²) in [6.07, 6.45) is -8.73. The fourth-order valence-electron chi connectivity index (χ4n) is 8.58. The van der Waals surface area contributed by atoms with Crippen molar-refractivity contribution in [2.45, 2.75) is 179 Å². The number of methoxy groups -OCH3 is 2. The van der Waals surface area contributed by atoms with E-state index in [2.05, 4.69) is 0 Å². The Kier molecular flexibility index (Phi) is 15.3. The van der Waals surface area contributed by atoms with E-state index in [1.54, 1.807) is 48.5 Å². The minimum Gasteiger partial charge on any atom is -0.459 e. The lowest BCUT2D eigenvalue weighted by atomic mass is 9.74. The molecule has 52 heavy (non-hydrogen) atoms.